The Morgan fingerprint density at radius 1 is 1.13 bits per heavy atom. The molecule has 6 heteroatoms. The van der Waals surface area contributed by atoms with Crippen molar-refractivity contribution in [3.8, 4) is 17.2 Å². The van der Waals surface area contributed by atoms with Gasteiger partial charge < -0.3 is 14.2 Å². The molecule has 1 aromatic rings. The number of rotatable bonds is 5. The van der Waals surface area contributed by atoms with Crippen LogP contribution < -0.4 is 19.6 Å². The Hall–Kier alpha value is -2.24. The van der Waals surface area contributed by atoms with Crippen LogP contribution in [0.1, 0.15) is 36.0 Å². The van der Waals surface area contributed by atoms with E-state index in [-0.39, 0.29) is 5.91 Å². The van der Waals surface area contributed by atoms with Gasteiger partial charge in [0.05, 0.1) is 21.3 Å². The molecule has 0 radical (unpaired) electrons. The van der Waals surface area contributed by atoms with Crippen molar-refractivity contribution in [2.45, 2.75) is 25.7 Å². The smallest absolute Gasteiger partial charge is 0.271 e. The number of nitrogens with one attached hydrogen (secondary N) is 1. The molecule has 0 aromatic heterocycles. The number of fused-ring (bicyclic) bond motifs is 2. The van der Waals surface area contributed by atoms with Gasteiger partial charge in [0, 0.05) is 11.3 Å². The highest BCUT2D eigenvalue weighted by Crippen LogP contribution is 2.42. The summed E-state index contributed by atoms with van der Waals surface area (Å²) in [5, 5.41) is 4.34. The topological polar surface area (TPSA) is 69.2 Å². The number of ether oxygens (including phenoxy) is 3. The molecule has 0 heterocycles. The van der Waals surface area contributed by atoms with Crippen molar-refractivity contribution in [2.24, 2.45) is 16.9 Å². The quantitative estimate of drug-likeness (QED) is 0.847. The van der Waals surface area contributed by atoms with Crippen molar-refractivity contribution in [2.75, 3.05) is 21.3 Å². The van der Waals surface area contributed by atoms with E-state index in [2.05, 4.69) is 10.5 Å². The van der Waals surface area contributed by atoms with Gasteiger partial charge >= 0.3 is 0 Å². The summed E-state index contributed by atoms with van der Waals surface area (Å²) in [5.41, 5.74) is 4.21. The zero-order chi connectivity index (χ0) is 16.4. The number of carbonyl (C=O) groups excluding carboxylic acids is 1. The molecule has 23 heavy (non-hydrogen) atoms. The molecule has 1 amide bonds. The highest BCUT2D eigenvalue weighted by molar-refractivity contribution is 5.97. The van der Waals surface area contributed by atoms with Crippen LogP contribution in [0.4, 0.5) is 0 Å². The van der Waals surface area contributed by atoms with Gasteiger partial charge in [0.1, 0.15) is 0 Å². The Bertz CT molecular complexity index is 616. The summed E-state index contributed by atoms with van der Waals surface area (Å²) >= 11 is 0. The second-order valence-corrected chi connectivity index (χ2v) is 6.04. The predicted molar refractivity (Wildman–Crippen MR) is 86.4 cm³/mol. The molecule has 1 aromatic carbocycles. The van der Waals surface area contributed by atoms with E-state index < -0.39 is 0 Å². The first-order valence-electron chi connectivity index (χ1n) is 7.83. The van der Waals surface area contributed by atoms with Gasteiger partial charge in [-0.25, -0.2) is 5.43 Å². The maximum Gasteiger partial charge on any atom is 0.271 e. The van der Waals surface area contributed by atoms with Crippen molar-refractivity contribution >= 4 is 11.6 Å². The van der Waals surface area contributed by atoms with E-state index in [1.165, 1.54) is 40.6 Å². The third-order valence-corrected chi connectivity index (χ3v) is 4.74. The number of amides is 1. The Labute approximate surface area is 135 Å². The molecule has 0 spiro atoms. The molecule has 1 N–H and O–H groups in total. The second-order valence-electron chi connectivity index (χ2n) is 6.04. The van der Waals surface area contributed by atoms with E-state index in [0.717, 1.165) is 18.1 Å². The molecular formula is C17H22N2O4. The third-order valence-electron chi connectivity index (χ3n) is 4.74. The lowest BCUT2D eigenvalue weighted by Crippen LogP contribution is -2.22. The molecule has 0 saturated heterocycles. The van der Waals surface area contributed by atoms with Crippen LogP contribution in [0.25, 0.3) is 0 Å². The zero-order valence-electron chi connectivity index (χ0n) is 13.7. The fourth-order valence-corrected chi connectivity index (χ4v) is 3.56. The zero-order valence-corrected chi connectivity index (χ0v) is 13.7. The molecule has 124 valence electrons. The van der Waals surface area contributed by atoms with Gasteiger partial charge in [-0.05, 0) is 49.7 Å². The minimum atomic E-state index is -0.278. The molecule has 2 fully saturated rings. The maximum absolute atomic E-state index is 12.4. The van der Waals surface area contributed by atoms with Gasteiger partial charge in [-0.2, -0.15) is 5.10 Å². The van der Waals surface area contributed by atoms with Crippen molar-refractivity contribution in [3.05, 3.63) is 17.7 Å². The van der Waals surface area contributed by atoms with Crippen molar-refractivity contribution in [1.29, 1.82) is 0 Å². The van der Waals surface area contributed by atoms with Gasteiger partial charge in [0.2, 0.25) is 5.75 Å². The molecule has 6 nitrogen and oxygen atoms in total. The number of methoxy groups -OCH3 is 3. The predicted octanol–water partition coefficient (Wildman–Crippen LogP) is 2.62. The largest absolute Gasteiger partial charge is 0.493 e. The van der Waals surface area contributed by atoms with E-state index in [1.807, 2.05) is 0 Å². The van der Waals surface area contributed by atoms with Crippen LogP contribution in [-0.2, 0) is 0 Å². The van der Waals surface area contributed by atoms with E-state index >= 15 is 0 Å². The highest BCUT2D eigenvalue weighted by Gasteiger charge is 2.36. The van der Waals surface area contributed by atoms with Gasteiger partial charge in [-0.3, -0.25) is 4.79 Å². The van der Waals surface area contributed by atoms with Gasteiger partial charge in [-0.15, -0.1) is 0 Å². The van der Waals surface area contributed by atoms with Crippen LogP contribution in [0.2, 0.25) is 0 Å². The number of hydrogen-bond acceptors (Lipinski definition) is 5. The van der Waals surface area contributed by atoms with Crippen molar-refractivity contribution in [3.63, 3.8) is 0 Å². The first kappa shape index (κ1) is 15.6. The SMILES string of the molecule is COc1cc(C(=O)N/N=C2/C[C@H]3CC[C@H]2C3)cc(OC)c1OC. The number of benzene rings is 1. The maximum atomic E-state index is 12.4. The van der Waals surface area contributed by atoms with Crippen LogP contribution >= 0.6 is 0 Å². The van der Waals surface area contributed by atoms with Crippen LogP contribution in [0.15, 0.2) is 17.2 Å². The molecule has 2 aliphatic carbocycles. The van der Waals surface area contributed by atoms with Crippen molar-refractivity contribution in [1.82, 2.24) is 5.43 Å². The Kier molecular flexibility index (Phi) is 4.41. The standard InChI is InChI=1S/C17H22N2O4/c1-21-14-8-12(9-15(22-2)16(14)23-3)17(20)19-18-13-7-10-4-5-11(13)6-10/h8-11H,4-7H2,1-3H3,(H,19,20)/b18-13-/t10-,11-/m0/s1. The molecule has 3 rings (SSSR count). The fourth-order valence-electron chi connectivity index (χ4n) is 3.56. The lowest BCUT2D eigenvalue weighted by molar-refractivity contribution is 0.0953. The van der Waals surface area contributed by atoms with Gasteiger partial charge in [-0.1, -0.05) is 0 Å². The average Bonchev–Trinajstić information content (AvgIpc) is 3.21. The van der Waals surface area contributed by atoms with E-state index in [0.29, 0.717) is 28.7 Å². The molecule has 2 bridgehead atoms. The summed E-state index contributed by atoms with van der Waals surface area (Å²) in [6.07, 6.45) is 4.73. The molecule has 2 atom stereocenters. The molecule has 2 aliphatic rings. The normalized spacial score (nSPS) is 23.9. The van der Waals surface area contributed by atoms with Gasteiger partial charge in [0.25, 0.3) is 5.91 Å². The Morgan fingerprint density at radius 3 is 2.30 bits per heavy atom. The summed E-state index contributed by atoms with van der Waals surface area (Å²) in [7, 11) is 4.57. The number of hydrazone groups is 1. The third kappa shape index (κ3) is 2.98. The molecule has 0 unspecified atom stereocenters. The number of carbonyl (C=O) groups is 1. The molecule has 2 saturated carbocycles. The van der Waals surface area contributed by atoms with E-state index in [4.69, 9.17) is 14.2 Å². The second kappa shape index (κ2) is 6.48. The van der Waals surface area contributed by atoms with E-state index in [9.17, 15) is 4.79 Å². The summed E-state index contributed by atoms with van der Waals surface area (Å²) in [6, 6.07) is 3.25. The number of nitrogens with zero attached hydrogens (tertiary/aromatic N) is 1. The lowest BCUT2D eigenvalue weighted by atomic mass is 9.99. The monoisotopic (exact) mass is 318 g/mol. The Morgan fingerprint density at radius 2 is 1.83 bits per heavy atom. The first-order valence-corrected chi connectivity index (χ1v) is 7.83. The average molecular weight is 318 g/mol. The van der Waals surface area contributed by atoms with Crippen LogP contribution in [0.3, 0.4) is 0 Å². The minimum absolute atomic E-state index is 0.278. The summed E-state index contributed by atoms with van der Waals surface area (Å²) in [4.78, 5) is 12.4. The highest BCUT2D eigenvalue weighted by atomic mass is 16.5. The van der Waals surface area contributed by atoms with Crippen LogP contribution in [0, 0.1) is 11.8 Å². The Balaban J connectivity index is 1.78. The summed E-state index contributed by atoms with van der Waals surface area (Å²) in [5.74, 6) is 2.40. The molecule has 0 aliphatic heterocycles. The van der Waals surface area contributed by atoms with Gasteiger partial charge in [0.15, 0.2) is 11.5 Å². The minimum Gasteiger partial charge on any atom is -0.493 e. The van der Waals surface area contributed by atoms with Crippen LogP contribution in [0.5, 0.6) is 17.2 Å². The van der Waals surface area contributed by atoms with Crippen molar-refractivity contribution < 1.29 is 19.0 Å². The summed E-state index contributed by atoms with van der Waals surface area (Å²) in [6.45, 7) is 0. The van der Waals surface area contributed by atoms with Crippen LogP contribution in [-0.4, -0.2) is 32.9 Å². The first-order chi connectivity index (χ1) is 11.2. The number of hydrogen-bond donors (Lipinski definition) is 1. The summed E-state index contributed by atoms with van der Waals surface area (Å²) < 4.78 is 15.8. The lowest BCUT2D eigenvalue weighted by Gasteiger charge is -2.14. The fraction of sp³-hybridized carbons (Fsp3) is 0.529. The molecular weight excluding hydrogens is 296 g/mol. The van der Waals surface area contributed by atoms with E-state index in [1.54, 1.807) is 12.1 Å².